The van der Waals surface area contributed by atoms with Crippen LogP contribution in [0.2, 0.25) is 5.02 Å². The third-order valence-electron chi connectivity index (χ3n) is 6.45. The summed E-state index contributed by atoms with van der Waals surface area (Å²) in [7, 11) is 2.10. The number of carboxylic acid groups (broad SMARTS) is 1. The van der Waals surface area contributed by atoms with Crippen molar-refractivity contribution in [3.8, 4) is 5.75 Å². The molecular weight excluding hydrogens is 401 g/mol. The third-order valence-corrected chi connectivity index (χ3v) is 6.81. The van der Waals surface area contributed by atoms with Crippen LogP contribution < -0.4 is 15.1 Å². The predicted molar refractivity (Wildman–Crippen MR) is 107 cm³/mol. The molecule has 0 radical (unpaired) electrons. The van der Waals surface area contributed by atoms with E-state index in [1.54, 1.807) is 4.57 Å². The molecule has 29 heavy (non-hydrogen) atoms. The maximum Gasteiger partial charge on any atom is 0.511 e. The molecule has 1 aromatic carbocycles. The third kappa shape index (κ3) is 2.97. The van der Waals surface area contributed by atoms with Crippen molar-refractivity contribution in [1.82, 2.24) is 9.47 Å². The second-order valence-electron chi connectivity index (χ2n) is 8.20. The highest BCUT2D eigenvalue weighted by molar-refractivity contribution is 6.38. The highest BCUT2D eigenvalue weighted by Crippen LogP contribution is 2.44. The van der Waals surface area contributed by atoms with Crippen LogP contribution >= 0.6 is 11.6 Å². The molecule has 3 heterocycles. The number of carbonyl (C=O) groups is 1. The number of pyridine rings is 1. The molecular formula is C20H21ClFN3O4. The van der Waals surface area contributed by atoms with Crippen molar-refractivity contribution >= 4 is 34.3 Å². The van der Waals surface area contributed by atoms with Crippen molar-refractivity contribution in [2.24, 2.45) is 0 Å². The van der Waals surface area contributed by atoms with Crippen LogP contribution in [0.5, 0.6) is 5.75 Å². The molecule has 1 N–H and O–H groups in total. The molecule has 5 rings (SSSR count). The number of ether oxygens (including phenoxy) is 1. The number of hydrogen-bond donors (Lipinski definition) is 1. The van der Waals surface area contributed by atoms with E-state index in [4.69, 9.17) is 16.7 Å². The maximum absolute atomic E-state index is 15.2. The van der Waals surface area contributed by atoms with E-state index in [2.05, 4.69) is 16.7 Å². The number of aromatic nitrogens is 1. The van der Waals surface area contributed by atoms with E-state index in [9.17, 15) is 9.59 Å². The molecule has 0 spiro atoms. The van der Waals surface area contributed by atoms with Gasteiger partial charge < -0.3 is 19.3 Å². The van der Waals surface area contributed by atoms with E-state index >= 15 is 4.39 Å². The van der Waals surface area contributed by atoms with Crippen LogP contribution in [0.15, 0.2) is 17.1 Å². The SMILES string of the molecule is CN1C2CCC1CN(c1c(F)cc3c(=O)c(OC(=O)O)cn(C4CC4)c3c1Cl)C2. The number of fused-ring (bicyclic) bond motifs is 3. The highest BCUT2D eigenvalue weighted by atomic mass is 35.5. The lowest BCUT2D eigenvalue weighted by atomic mass is 10.1. The Balaban J connectivity index is 1.69. The highest BCUT2D eigenvalue weighted by Gasteiger charge is 2.39. The molecule has 2 unspecified atom stereocenters. The Bertz CT molecular complexity index is 1070. The Morgan fingerprint density at radius 2 is 1.83 bits per heavy atom. The van der Waals surface area contributed by atoms with Crippen LogP contribution in [0, 0.1) is 5.82 Å². The summed E-state index contributed by atoms with van der Waals surface area (Å²) in [6.45, 7) is 1.37. The normalized spacial score (nSPS) is 24.3. The van der Waals surface area contributed by atoms with Gasteiger partial charge in [0.15, 0.2) is 5.75 Å². The van der Waals surface area contributed by atoms with Gasteiger partial charge in [0.1, 0.15) is 5.82 Å². The molecule has 1 aromatic heterocycles. The summed E-state index contributed by atoms with van der Waals surface area (Å²) >= 11 is 6.73. The maximum atomic E-state index is 15.2. The van der Waals surface area contributed by atoms with Crippen molar-refractivity contribution in [1.29, 1.82) is 0 Å². The number of anilines is 1. The first-order chi connectivity index (χ1) is 13.8. The van der Waals surface area contributed by atoms with Gasteiger partial charge >= 0.3 is 6.16 Å². The van der Waals surface area contributed by atoms with Gasteiger partial charge in [-0.1, -0.05) is 11.6 Å². The van der Waals surface area contributed by atoms with Crippen LogP contribution in [0.25, 0.3) is 10.9 Å². The van der Waals surface area contributed by atoms with Crippen LogP contribution in [-0.4, -0.2) is 52.9 Å². The summed E-state index contributed by atoms with van der Waals surface area (Å²) < 4.78 is 21.6. The minimum atomic E-state index is -1.58. The van der Waals surface area contributed by atoms with Crippen LogP contribution in [0.1, 0.15) is 31.7 Å². The number of nitrogens with zero attached hydrogens (tertiary/aromatic N) is 3. The van der Waals surface area contributed by atoms with E-state index in [-0.39, 0.29) is 22.2 Å². The van der Waals surface area contributed by atoms with Crippen LogP contribution in [0.4, 0.5) is 14.9 Å². The zero-order valence-corrected chi connectivity index (χ0v) is 16.7. The lowest BCUT2D eigenvalue weighted by molar-refractivity contribution is 0.143. The molecule has 0 amide bonds. The summed E-state index contributed by atoms with van der Waals surface area (Å²) in [5, 5.41) is 9.17. The Hall–Kier alpha value is -2.32. The van der Waals surface area contributed by atoms with E-state index in [1.807, 2.05) is 4.90 Å². The lowest BCUT2D eigenvalue weighted by Gasteiger charge is -2.40. The molecule has 2 bridgehead atoms. The van der Waals surface area contributed by atoms with Crippen molar-refractivity contribution in [2.45, 2.75) is 43.8 Å². The molecule has 7 nitrogen and oxygen atoms in total. The molecule has 2 atom stereocenters. The minimum Gasteiger partial charge on any atom is -0.449 e. The zero-order valence-electron chi connectivity index (χ0n) is 15.9. The average Bonchev–Trinajstić information content (AvgIpc) is 3.46. The summed E-state index contributed by atoms with van der Waals surface area (Å²) in [5.41, 5.74) is 0.0922. The monoisotopic (exact) mass is 421 g/mol. The first-order valence-corrected chi connectivity index (χ1v) is 10.2. The van der Waals surface area contributed by atoms with Gasteiger partial charge in [0.25, 0.3) is 0 Å². The summed E-state index contributed by atoms with van der Waals surface area (Å²) in [4.78, 5) is 28.1. The average molecular weight is 422 g/mol. The van der Waals surface area contributed by atoms with E-state index < -0.39 is 17.4 Å². The Labute approximate surface area is 171 Å². The molecule has 2 saturated heterocycles. The molecule has 3 aliphatic rings. The topological polar surface area (TPSA) is 75.0 Å². The fourth-order valence-corrected chi connectivity index (χ4v) is 5.21. The minimum absolute atomic E-state index is 0.0407. The molecule has 1 aliphatic carbocycles. The van der Waals surface area contributed by atoms with Gasteiger partial charge in [-0.15, -0.1) is 0 Å². The van der Waals surface area contributed by atoms with Crippen molar-refractivity contribution in [3.05, 3.63) is 33.3 Å². The smallest absolute Gasteiger partial charge is 0.449 e. The van der Waals surface area contributed by atoms with Gasteiger partial charge in [0.2, 0.25) is 5.43 Å². The van der Waals surface area contributed by atoms with Gasteiger partial charge in [-0.25, -0.2) is 9.18 Å². The first kappa shape index (κ1) is 18.7. The van der Waals surface area contributed by atoms with E-state index in [0.717, 1.165) is 25.7 Å². The zero-order chi connectivity index (χ0) is 20.4. The summed E-state index contributed by atoms with van der Waals surface area (Å²) in [6, 6.07) is 1.98. The number of halogens is 2. The van der Waals surface area contributed by atoms with Crippen molar-refractivity contribution in [3.63, 3.8) is 0 Å². The van der Waals surface area contributed by atoms with E-state index in [1.165, 1.54) is 12.3 Å². The molecule has 154 valence electrons. The fourth-order valence-electron chi connectivity index (χ4n) is 4.80. The first-order valence-electron chi connectivity index (χ1n) is 9.79. The van der Waals surface area contributed by atoms with Crippen LogP contribution in [0.3, 0.4) is 0 Å². The predicted octanol–water partition coefficient (Wildman–Crippen LogP) is 3.47. The van der Waals surface area contributed by atoms with Gasteiger partial charge in [-0.2, -0.15) is 0 Å². The quantitative estimate of drug-likeness (QED) is 0.765. The molecule has 2 aliphatic heterocycles. The number of piperazine rings is 1. The van der Waals surface area contributed by atoms with E-state index in [0.29, 0.717) is 36.4 Å². The van der Waals surface area contributed by atoms with Gasteiger partial charge in [0, 0.05) is 31.2 Å². The summed E-state index contributed by atoms with van der Waals surface area (Å²) in [6.07, 6.45) is 3.72. The largest absolute Gasteiger partial charge is 0.511 e. The van der Waals surface area contributed by atoms with Gasteiger partial charge in [-0.05, 0) is 38.8 Å². The second kappa shape index (κ2) is 6.60. The number of hydrogen-bond acceptors (Lipinski definition) is 5. The number of likely N-dealkylation sites (N-methyl/N-ethyl adjacent to an activating group) is 1. The van der Waals surface area contributed by atoms with Crippen LogP contribution in [-0.2, 0) is 0 Å². The molecule has 9 heteroatoms. The van der Waals surface area contributed by atoms with Crippen molar-refractivity contribution < 1.29 is 19.0 Å². The molecule has 1 saturated carbocycles. The molecule has 2 aromatic rings. The second-order valence-corrected chi connectivity index (χ2v) is 8.58. The fraction of sp³-hybridized carbons (Fsp3) is 0.500. The van der Waals surface area contributed by atoms with Crippen molar-refractivity contribution in [2.75, 3.05) is 25.0 Å². The molecule has 3 fully saturated rings. The van der Waals surface area contributed by atoms with Gasteiger partial charge in [-0.3, -0.25) is 9.69 Å². The standard InChI is InChI=1S/C20H21ClFN3O4/c1-23-11-4-5-12(23)8-24(7-11)18-14(22)6-13-17(16(18)21)25(10-2-3-10)9-15(19(13)26)29-20(27)28/h6,9-12H,2-5,7-8H2,1H3,(H,27,28). The Morgan fingerprint density at radius 1 is 1.21 bits per heavy atom. The Kier molecular flexibility index (Phi) is 4.25. The lowest BCUT2D eigenvalue weighted by Crippen LogP contribution is -2.52. The van der Waals surface area contributed by atoms with Gasteiger partial charge in [0.05, 0.1) is 27.8 Å². The Morgan fingerprint density at radius 3 is 2.41 bits per heavy atom. The summed E-state index contributed by atoms with van der Waals surface area (Å²) in [5.74, 6) is -0.906. The number of rotatable bonds is 3. The number of benzene rings is 1.